The third kappa shape index (κ3) is 33.0. The molecule has 30 N–H and O–H groups in total. The molecule has 0 unspecified atom stereocenters. The summed E-state index contributed by atoms with van der Waals surface area (Å²) in [6.45, 7) is 0. The Morgan fingerprint density at radius 1 is 0.138 bits per heavy atom. The van der Waals surface area contributed by atoms with Crippen LogP contribution in [0, 0.1) is 0 Å². The molecule has 0 bridgehead atoms. The van der Waals surface area contributed by atoms with E-state index >= 15 is 0 Å². The van der Waals surface area contributed by atoms with E-state index in [2.05, 4.69) is 248 Å². The van der Waals surface area contributed by atoms with E-state index in [0.717, 1.165) is 65.4 Å². The Balaban J connectivity index is -0.0000000574. The second-order valence-electron chi connectivity index (χ2n) is 18.9. The van der Waals surface area contributed by atoms with Crippen molar-refractivity contribution in [3.8, 4) is 66.8 Å². The Hall–Kier alpha value is -5.19. The summed E-state index contributed by atoms with van der Waals surface area (Å²) in [5.74, 6) is 0. The molecule has 0 fully saturated rings. The molecule has 0 aliphatic rings. The topological polar surface area (TPSA) is 550 Å². The van der Waals surface area contributed by atoms with Crippen LogP contribution in [-0.2, 0) is 77.9 Å². The number of rotatable bonds is 6. The molecule has 0 saturated heterocycles. The Kier molecular flexibility index (Phi) is 102. The van der Waals surface area contributed by atoms with Gasteiger partial charge in [-0.15, -0.1) is 0 Å². The molecule has 0 aliphatic carbocycles. The number of aromatic nitrogens is 6. The maximum Gasteiger partial charge on any atom is 4.00 e. The normalized spacial score (nSPS) is 7.93. The first-order valence-electron chi connectivity index (χ1n) is 26.1. The van der Waals surface area contributed by atoms with Gasteiger partial charge in [0.05, 0.1) is 33.1 Å². The van der Waals surface area contributed by atoms with Crippen LogP contribution in [-0.4, -0.2) is 112 Å². The van der Waals surface area contributed by atoms with Gasteiger partial charge in [-0.3, -0.25) is 29.9 Å². The fourth-order valence-electron chi connectivity index (χ4n) is 10.7. The van der Waals surface area contributed by atoms with Crippen molar-refractivity contribution in [3.05, 3.63) is 292 Å². The minimum absolute atomic E-state index is 0. The number of fused-ring (bicyclic) bond motifs is 9. The summed E-state index contributed by atoms with van der Waals surface area (Å²) in [5.41, 5.74) is 19.9. The number of nitrogens with zero attached hydrogens (tertiary/aromatic N) is 6. The summed E-state index contributed by atoms with van der Waals surface area (Å²) in [7, 11) is 0. The average molecular weight is 2100 g/mol. The Morgan fingerprint density at radius 3 is 0.339 bits per heavy atom. The third-order valence-electron chi connectivity index (χ3n) is 14.4. The first kappa shape index (κ1) is 153. The van der Waals surface area contributed by atoms with Crippen molar-refractivity contribution < 1.29 is 309 Å². The van der Waals surface area contributed by atoms with Gasteiger partial charge in [0.15, 0.2) is 0 Å². The largest absolute Gasteiger partial charge is 4.00 e. The fourth-order valence-corrected chi connectivity index (χ4v) is 10.7. The Bertz CT molecular complexity index is 3950. The second kappa shape index (κ2) is 73.0. The van der Waals surface area contributed by atoms with Gasteiger partial charge in [-0.05, 0) is 103 Å². The summed E-state index contributed by atoms with van der Waals surface area (Å²) in [4.78, 5) is 28.0. The van der Waals surface area contributed by atoms with E-state index in [9.17, 15) is 0 Å². The van der Waals surface area contributed by atoms with Gasteiger partial charge in [-0.1, -0.05) is 218 Å². The smallest absolute Gasteiger partial charge is 1.00 e. The van der Waals surface area contributed by atoms with Crippen molar-refractivity contribution in [1.82, 2.24) is 29.9 Å². The van der Waals surface area contributed by atoms with Gasteiger partial charge in [0, 0.05) is 69.5 Å². The van der Waals surface area contributed by atoms with E-state index < -0.39 is 0 Å². The van der Waals surface area contributed by atoms with Crippen LogP contribution >= 0.6 is 0 Å². The molecule has 600 valence electrons. The first-order chi connectivity index (χ1) is 38.7. The van der Waals surface area contributed by atoms with Gasteiger partial charge in [-0.25, -0.2) is 0 Å². The maximum absolute atomic E-state index is 4.67. The van der Waals surface area contributed by atoms with Crippen LogP contribution in [0.25, 0.3) is 132 Å². The summed E-state index contributed by atoms with van der Waals surface area (Å²) in [6, 6.07) is 88.0. The van der Waals surface area contributed by atoms with Crippen LogP contribution in [0.2, 0.25) is 0 Å². The SMILES string of the molecule is O.O.O.O.O.O.O.O.O.O.O.O.O.O.O.[Cl-].[Cl-].[Cl-].[Cl-].[Cl-].[Cl-].[Cl-].[Cl-].[Cl-].[Cl-].[Cl-].[Cl-].[Ru+2].[Ru+4].[Ru+4].[Ru+4].c1ccc(-c2ccnc3c2ccc2c(-c4ccccc4)ccnc23)cc1.c1ccc(-c2ccnc3c2ccc2c(-c4ccccc4)ccnc23)cc1.c1ccc(-c2ccnc3c2ccc2c(-c4ccccc4)ccnc23)cc1. The number of pyridine rings is 6. The monoisotopic (exact) mass is 2090 g/mol. The summed E-state index contributed by atoms with van der Waals surface area (Å²) < 4.78 is 0. The van der Waals surface area contributed by atoms with Crippen molar-refractivity contribution in [2.24, 2.45) is 0 Å². The molecule has 0 aliphatic heterocycles. The van der Waals surface area contributed by atoms with E-state index in [0.29, 0.717) is 0 Å². The average Bonchev–Trinajstić information content (AvgIpc) is 0.774. The second-order valence-corrected chi connectivity index (χ2v) is 18.9. The molecule has 15 aromatic rings. The molecule has 109 heavy (non-hydrogen) atoms. The van der Waals surface area contributed by atoms with Crippen molar-refractivity contribution in [2.45, 2.75) is 0 Å². The zero-order valence-electron chi connectivity index (χ0n) is 55.8. The molecule has 0 spiro atoms. The number of halogens is 12. The zero-order valence-corrected chi connectivity index (χ0v) is 71.9. The maximum atomic E-state index is 4.67. The van der Waals surface area contributed by atoms with Crippen LogP contribution in [0.4, 0.5) is 0 Å². The molecule has 0 radical (unpaired) electrons. The van der Waals surface area contributed by atoms with Gasteiger partial charge in [0.1, 0.15) is 0 Å². The molecular formula is C72H78Cl12N6O15Ru4+2. The van der Waals surface area contributed by atoms with E-state index in [1.807, 2.05) is 73.6 Å². The Morgan fingerprint density at radius 2 is 0.239 bits per heavy atom. The fraction of sp³-hybridized carbons (Fsp3) is 0. The van der Waals surface area contributed by atoms with E-state index in [4.69, 9.17) is 0 Å². The van der Waals surface area contributed by atoms with Gasteiger partial charge in [0.25, 0.3) is 0 Å². The van der Waals surface area contributed by atoms with E-state index in [-0.39, 0.29) is 309 Å². The van der Waals surface area contributed by atoms with Crippen molar-refractivity contribution >= 4 is 65.4 Å². The third-order valence-corrected chi connectivity index (χ3v) is 14.4. The molecule has 0 amide bonds. The molecule has 9 aromatic carbocycles. The molecule has 6 heterocycles. The van der Waals surface area contributed by atoms with E-state index in [1.54, 1.807) is 0 Å². The van der Waals surface area contributed by atoms with Crippen molar-refractivity contribution in [1.29, 1.82) is 0 Å². The van der Waals surface area contributed by atoms with Crippen LogP contribution in [0.3, 0.4) is 0 Å². The van der Waals surface area contributed by atoms with E-state index in [1.165, 1.54) is 66.8 Å². The first-order valence-corrected chi connectivity index (χ1v) is 26.1. The molecule has 15 rings (SSSR count). The van der Waals surface area contributed by atoms with Crippen LogP contribution in [0.15, 0.2) is 292 Å². The predicted octanol–water partition coefficient (Wildman–Crippen LogP) is -30.0. The molecule has 21 nitrogen and oxygen atoms in total. The van der Waals surface area contributed by atoms with Crippen molar-refractivity contribution in [3.63, 3.8) is 0 Å². The minimum Gasteiger partial charge on any atom is -1.00 e. The number of benzene rings is 9. The summed E-state index contributed by atoms with van der Waals surface area (Å²) in [6.07, 6.45) is 11.3. The standard InChI is InChI=1S/3C24H16N2.12ClH.15H2O.4Ru/c3*1-3-7-17(8-4-1)19-13-15-25-23-21(19)11-12-22-20(14-16-26-24(22)23)18-9-5-2-6-10-18;;;;;;;;;;;;;;;;;;;;;;;;;;;;;;;/h3*1-16H;12*1H;15*1H2;;;;/q;;;;;;;;;;;;;;;;;;;;;;;;;;;;;;+2;3*+4/p-12. The summed E-state index contributed by atoms with van der Waals surface area (Å²) >= 11 is 0. The molecule has 0 atom stereocenters. The van der Waals surface area contributed by atoms with Gasteiger partial charge >= 0.3 is 77.9 Å². The predicted molar refractivity (Wildman–Crippen MR) is 378 cm³/mol. The number of hydrogen-bond donors (Lipinski definition) is 0. The van der Waals surface area contributed by atoms with Crippen LogP contribution in [0.5, 0.6) is 0 Å². The Labute approximate surface area is 755 Å². The zero-order chi connectivity index (χ0) is 52.0. The molecular weight excluding hydrogens is 2020 g/mol. The van der Waals surface area contributed by atoms with Gasteiger partial charge in [0.2, 0.25) is 0 Å². The summed E-state index contributed by atoms with van der Waals surface area (Å²) in [5, 5.41) is 6.77. The van der Waals surface area contributed by atoms with Crippen molar-refractivity contribution in [2.75, 3.05) is 0 Å². The van der Waals surface area contributed by atoms with Crippen LogP contribution < -0.4 is 149 Å². The number of hydrogen-bond acceptors (Lipinski definition) is 6. The molecule has 6 aromatic heterocycles. The molecule has 0 saturated carbocycles. The minimum atomic E-state index is 0. The quantitative estimate of drug-likeness (QED) is 0.115. The van der Waals surface area contributed by atoms with Gasteiger partial charge in [-0.2, -0.15) is 0 Å². The van der Waals surface area contributed by atoms with Gasteiger partial charge < -0.3 is 231 Å². The molecule has 37 heteroatoms. The van der Waals surface area contributed by atoms with Crippen LogP contribution in [0.1, 0.15) is 0 Å².